The molecule has 0 spiro atoms. The van der Waals surface area contributed by atoms with E-state index in [-0.39, 0.29) is 0 Å². The number of rotatable bonds is 6. The van der Waals surface area contributed by atoms with Gasteiger partial charge in [-0.25, -0.2) is 0 Å². The SMILES string of the molecule is CCC(CC)CN1CNCc2cc(-c3cc(C)c4c(c3)C(C)C4CC)cc(C)c21. The minimum Gasteiger partial charge on any atom is -0.358 e. The van der Waals surface area contributed by atoms with E-state index in [1.807, 2.05) is 0 Å². The summed E-state index contributed by atoms with van der Waals surface area (Å²) < 4.78 is 0. The second kappa shape index (κ2) is 8.14. The van der Waals surface area contributed by atoms with Crippen molar-refractivity contribution < 1.29 is 0 Å². The summed E-state index contributed by atoms with van der Waals surface area (Å²) in [5, 5.41) is 3.64. The molecule has 2 atom stereocenters. The van der Waals surface area contributed by atoms with Gasteiger partial charge in [0, 0.05) is 18.8 Å². The van der Waals surface area contributed by atoms with Crippen molar-refractivity contribution in [2.24, 2.45) is 5.92 Å². The van der Waals surface area contributed by atoms with Crippen LogP contribution < -0.4 is 10.2 Å². The van der Waals surface area contributed by atoms with Crippen molar-refractivity contribution in [2.45, 2.75) is 79.2 Å². The molecule has 1 aliphatic heterocycles. The van der Waals surface area contributed by atoms with Gasteiger partial charge in [0.05, 0.1) is 6.67 Å². The summed E-state index contributed by atoms with van der Waals surface area (Å²) in [6, 6.07) is 9.76. The van der Waals surface area contributed by atoms with Gasteiger partial charge < -0.3 is 4.90 Å². The van der Waals surface area contributed by atoms with Gasteiger partial charge in [-0.3, -0.25) is 5.32 Å². The Labute approximate surface area is 177 Å². The van der Waals surface area contributed by atoms with E-state index in [9.17, 15) is 0 Å². The second-order valence-electron chi connectivity index (χ2n) is 9.39. The molecule has 0 fully saturated rings. The molecular formula is C27H38N2. The van der Waals surface area contributed by atoms with Crippen LogP contribution in [0.25, 0.3) is 11.1 Å². The molecule has 2 nitrogen and oxygen atoms in total. The third kappa shape index (κ3) is 3.50. The number of nitrogens with zero attached hydrogens (tertiary/aromatic N) is 1. The van der Waals surface area contributed by atoms with Gasteiger partial charge in [-0.05, 0) is 89.1 Å². The van der Waals surface area contributed by atoms with Crippen LogP contribution in [-0.4, -0.2) is 13.2 Å². The third-order valence-electron chi connectivity index (χ3n) is 7.60. The maximum Gasteiger partial charge on any atom is 0.0685 e. The second-order valence-corrected chi connectivity index (χ2v) is 9.39. The fraction of sp³-hybridized carbons (Fsp3) is 0.556. The third-order valence-corrected chi connectivity index (χ3v) is 7.60. The van der Waals surface area contributed by atoms with Gasteiger partial charge in [0.2, 0.25) is 0 Å². The van der Waals surface area contributed by atoms with Gasteiger partial charge in [-0.2, -0.15) is 0 Å². The number of hydrogen-bond donors (Lipinski definition) is 1. The minimum absolute atomic E-state index is 0.699. The first-order valence-electron chi connectivity index (χ1n) is 11.7. The highest BCUT2D eigenvalue weighted by Crippen LogP contribution is 2.51. The van der Waals surface area contributed by atoms with Crippen LogP contribution in [0.1, 0.15) is 86.6 Å². The average molecular weight is 391 g/mol. The summed E-state index contributed by atoms with van der Waals surface area (Å²) in [6.07, 6.45) is 3.76. The Morgan fingerprint density at radius 1 is 1.00 bits per heavy atom. The Hall–Kier alpha value is -1.80. The van der Waals surface area contributed by atoms with Crippen molar-refractivity contribution in [1.29, 1.82) is 0 Å². The lowest BCUT2D eigenvalue weighted by Crippen LogP contribution is -2.42. The molecule has 0 bridgehead atoms. The van der Waals surface area contributed by atoms with Gasteiger partial charge in [0.15, 0.2) is 0 Å². The topological polar surface area (TPSA) is 15.3 Å². The van der Waals surface area contributed by atoms with E-state index >= 15 is 0 Å². The van der Waals surface area contributed by atoms with Crippen molar-refractivity contribution in [2.75, 3.05) is 18.1 Å². The fourth-order valence-corrected chi connectivity index (χ4v) is 5.83. The average Bonchev–Trinajstić information content (AvgIpc) is 2.72. The first-order valence-corrected chi connectivity index (χ1v) is 11.7. The van der Waals surface area contributed by atoms with Gasteiger partial charge in [0.1, 0.15) is 0 Å². The maximum absolute atomic E-state index is 3.64. The Morgan fingerprint density at radius 3 is 2.38 bits per heavy atom. The Kier molecular flexibility index (Phi) is 5.75. The van der Waals surface area contributed by atoms with Crippen LogP contribution in [0.4, 0.5) is 5.69 Å². The molecule has 2 aromatic rings. The minimum atomic E-state index is 0.699. The Morgan fingerprint density at radius 2 is 1.69 bits per heavy atom. The molecule has 2 aliphatic rings. The fourth-order valence-electron chi connectivity index (χ4n) is 5.83. The number of hydrogen-bond acceptors (Lipinski definition) is 2. The highest BCUT2D eigenvalue weighted by Gasteiger charge is 2.34. The van der Waals surface area contributed by atoms with E-state index in [2.05, 4.69) is 76.0 Å². The summed E-state index contributed by atoms with van der Waals surface area (Å²) >= 11 is 0. The summed E-state index contributed by atoms with van der Waals surface area (Å²) in [7, 11) is 0. The number of nitrogens with one attached hydrogen (secondary N) is 1. The first-order chi connectivity index (χ1) is 14.0. The zero-order valence-electron chi connectivity index (χ0n) is 19.2. The first kappa shape index (κ1) is 20.5. The summed E-state index contributed by atoms with van der Waals surface area (Å²) in [4.78, 5) is 2.58. The molecule has 1 heterocycles. The van der Waals surface area contributed by atoms with Crippen LogP contribution in [-0.2, 0) is 6.54 Å². The Balaban J connectivity index is 1.70. The predicted octanol–water partition coefficient (Wildman–Crippen LogP) is 6.88. The quantitative estimate of drug-likeness (QED) is 0.578. The molecule has 1 aliphatic carbocycles. The molecule has 0 saturated heterocycles. The van der Waals surface area contributed by atoms with E-state index in [1.54, 1.807) is 11.1 Å². The molecule has 0 saturated carbocycles. The summed E-state index contributed by atoms with van der Waals surface area (Å²) in [6.45, 7) is 17.1. The van der Waals surface area contributed by atoms with E-state index in [4.69, 9.17) is 0 Å². The molecule has 29 heavy (non-hydrogen) atoms. The number of benzene rings is 2. The van der Waals surface area contributed by atoms with Gasteiger partial charge in [0.25, 0.3) is 0 Å². The predicted molar refractivity (Wildman–Crippen MR) is 126 cm³/mol. The maximum atomic E-state index is 3.64. The molecule has 156 valence electrons. The lowest BCUT2D eigenvalue weighted by Gasteiger charge is -2.39. The molecule has 2 unspecified atom stereocenters. The van der Waals surface area contributed by atoms with Crippen LogP contribution in [0.2, 0.25) is 0 Å². The van der Waals surface area contributed by atoms with Gasteiger partial charge in [-0.15, -0.1) is 0 Å². The number of aryl methyl sites for hydroxylation is 2. The Bertz CT molecular complexity index is 894. The molecule has 0 amide bonds. The van der Waals surface area contributed by atoms with Crippen molar-refractivity contribution in [3.63, 3.8) is 0 Å². The van der Waals surface area contributed by atoms with Crippen molar-refractivity contribution in [3.8, 4) is 11.1 Å². The summed E-state index contributed by atoms with van der Waals surface area (Å²) in [5.41, 5.74) is 11.8. The van der Waals surface area contributed by atoms with Crippen LogP contribution in [0.5, 0.6) is 0 Å². The van der Waals surface area contributed by atoms with Crippen LogP contribution in [0, 0.1) is 19.8 Å². The largest absolute Gasteiger partial charge is 0.358 e. The van der Waals surface area contributed by atoms with E-state index in [0.29, 0.717) is 5.92 Å². The van der Waals surface area contributed by atoms with E-state index < -0.39 is 0 Å². The molecule has 2 heteroatoms. The number of fused-ring (bicyclic) bond motifs is 2. The molecule has 0 radical (unpaired) electrons. The molecule has 4 rings (SSSR count). The zero-order valence-corrected chi connectivity index (χ0v) is 19.2. The van der Waals surface area contributed by atoms with Crippen molar-refractivity contribution in [3.05, 3.63) is 52.1 Å². The summed E-state index contributed by atoms with van der Waals surface area (Å²) in [5.74, 6) is 2.22. The smallest absolute Gasteiger partial charge is 0.0685 e. The van der Waals surface area contributed by atoms with Crippen LogP contribution >= 0.6 is 0 Å². The van der Waals surface area contributed by atoms with Crippen LogP contribution in [0.3, 0.4) is 0 Å². The molecule has 2 aromatic carbocycles. The molecule has 0 aromatic heterocycles. The monoisotopic (exact) mass is 390 g/mol. The lowest BCUT2D eigenvalue weighted by atomic mass is 9.65. The van der Waals surface area contributed by atoms with Crippen molar-refractivity contribution >= 4 is 5.69 Å². The lowest BCUT2D eigenvalue weighted by molar-refractivity contribution is 0.464. The molecule has 1 N–H and O–H groups in total. The van der Waals surface area contributed by atoms with Gasteiger partial charge in [-0.1, -0.05) is 52.7 Å². The molecular weight excluding hydrogens is 352 g/mol. The standard InChI is InChI=1S/C27H38N2/c1-7-20(8-2)15-29-16-28-14-23-12-21(11-18(5)27(23)29)22-10-17(4)26-24(9-3)19(6)25(26)13-22/h10-13,19-20,24,28H,7-9,14-16H2,1-6H3. The van der Waals surface area contributed by atoms with E-state index in [1.165, 1.54) is 52.8 Å². The van der Waals surface area contributed by atoms with Crippen LogP contribution in [0.15, 0.2) is 24.3 Å². The van der Waals surface area contributed by atoms with E-state index in [0.717, 1.165) is 31.6 Å². The van der Waals surface area contributed by atoms with Gasteiger partial charge >= 0.3 is 0 Å². The number of anilines is 1. The zero-order chi connectivity index (χ0) is 20.7. The van der Waals surface area contributed by atoms with Crippen molar-refractivity contribution in [1.82, 2.24) is 5.32 Å². The normalized spacial score (nSPS) is 20.4. The highest BCUT2D eigenvalue weighted by molar-refractivity contribution is 5.75. The highest BCUT2D eigenvalue weighted by atomic mass is 15.2.